The van der Waals surface area contributed by atoms with Crippen LogP contribution in [0.2, 0.25) is 0 Å². The summed E-state index contributed by atoms with van der Waals surface area (Å²) >= 11 is 0. The maximum atomic E-state index is 13.9. The summed E-state index contributed by atoms with van der Waals surface area (Å²) in [6.07, 6.45) is 3.79. The lowest BCUT2D eigenvalue weighted by Crippen LogP contribution is -2.54. The first-order chi connectivity index (χ1) is 17.4. The molecule has 1 aliphatic rings. The molecule has 2 aromatic rings. The van der Waals surface area contributed by atoms with Gasteiger partial charge in [-0.2, -0.15) is 0 Å². The van der Waals surface area contributed by atoms with Crippen LogP contribution in [0.3, 0.4) is 0 Å². The molecular formula is C27H32FNO7S. The van der Waals surface area contributed by atoms with Gasteiger partial charge in [0.2, 0.25) is 0 Å². The third-order valence-electron chi connectivity index (χ3n) is 5.69. The van der Waals surface area contributed by atoms with Crippen LogP contribution in [0.25, 0.3) is 0 Å². The molecule has 0 amide bonds. The molecule has 37 heavy (non-hydrogen) atoms. The van der Waals surface area contributed by atoms with Gasteiger partial charge in [-0.1, -0.05) is 12.8 Å². The van der Waals surface area contributed by atoms with E-state index in [-0.39, 0.29) is 24.3 Å². The van der Waals surface area contributed by atoms with Gasteiger partial charge >= 0.3 is 11.9 Å². The SMILES string of the molecule is CCOC(=O)C=CN(C1(C(=O)OC(C)(C)C)CCCC1)S(=O)(=O)c1ccc(Oc2ccc(F)cc2)cc1. The van der Waals surface area contributed by atoms with Crippen molar-refractivity contribution in [3.05, 3.63) is 66.6 Å². The van der Waals surface area contributed by atoms with Crippen molar-refractivity contribution in [1.29, 1.82) is 0 Å². The molecule has 0 aliphatic heterocycles. The Morgan fingerprint density at radius 3 is 2.05 bits per heavy atom. The van der Waals surface area contributed by atoms with Crippen molar-refractivity contribution >= 4 is 22.0 Å². The molecule has 10 heteroatoms. The summed E-state index contributed by atoms with van der Waals surface area (Å²) in [5, 5.41) is 0. The minimum atomic E-state index is -4.32. The van der Waals surface area contributed by atoms with Gasteiger partial charge in [-0.15, -0.1) is 0 Å². The van der Waals surface area contributed by atoms with E-state index < -0.39 is 38.9 Å². The van der Waals surface area contributed by atoms with Gasteiger partial charge in [0, 0.05) is 12.3 Å². The van der Waals surface area contributed by atoms with E-state index in [0.29, 0.717) is 24.3 Å². The smallest absolute Gasteiger partial charge is 0.333 e. The molecule has 3 rings (SSSR count). The second-order valence-electron chi connectivity index (χ2n) is 9.64. The van der Waals surface area contributed by atoms with E-state index >= 15 is 0 Å². The number of ether oxygens (including phenoxy) is 3. The number of benzene rings is 2. The van der Waals surface area contributed by atoms with Crippen LogP contribution in [-0.2, 0) is 29.1 Å². The van der Waals surface area contributed by atoms with Gasteiger partial charge in [-0.25, -0.2) is 22.4 Å². The lowest BCUT2D eigenvalue weighted by atomic mass is 9.97. The minimum absolute atomic E-state index is 0.109. The molecule has 0 bridgehead atoms. The number of sulfonamides is 1. The molecule has 0 N–H and O–H groups in total. The maximum Gasteiger partial charge on any atom is 0.333 e. The van der Waals surface area contributed by atoms with Gasteiger partial charge in [0.05, 0.1) is 11.5 Å². The van der Waals surface area contributed by atoms with Crippen molar-refractivity contribution in [3.63, 3.8) is 0 Å². The molecule has 8 nitrogen and oxygen atoms in total. The first-order valence-electron chi connectivity index (χ1n) is 12.0. The third kappa shape index (κ3) is 6.88. The fourth-order valence-electron chi connectivity index (χ4n) is 4.05. The van der Waals surface area contributed by atoms with Crippen molar-refractivity contribution in [1.82, 2.24) is 4.31 Å². The van der Waals surface area contributed by atoms with Crippen molar-refractivity contribution in [2.45, 2.75) is 69.4 Å². The van der Waals surface area contributed by atoms with Crippen molar-refractivity contribution in [2.24, 2.45) is 0 Å². The quantitative estimate of drug-likeness (QED) is 0.317. The largest absolute Gasteiger partial charge is 0.463 e. The second-order valence-corrected chi connectivity index (χ2v) is 11.5. The second kappa shape index (κ2) is 11.3. The predicted octanol–water partition coefficient (Wildman–Crippen LogP) is 5.34. The molecule has 0 heterocycles. The van der Waals surface area contributed by atoms with Crippen LogP contribution in [0.4, 0.5) is 4.39 Å². The normalized spacial score (nSPS) is 15.4. The van der Waals surface area contributed by atoms with Gasteiger partial charge in [0.1, 0.15) is 22.9 Å². The average molecular weight is 534 g/mol. The van der Waals surface area contributed by atoms with E-state index in [2.05, 4.69) is 0 Å². The van der Waals surface area contributed by atoms with Gasteiger partial charge in [0.15, 0.2) is 5.54 Å². The zero-order chi connectivity index (χ0) is 27.3. The molecule has 0 radical (unpaired) electrons. The first-order valence-corrected chi connectivity index (χ1v) is 13.5. The van der Waals surface area contributed by atoms with Crippen LogP contribution in [0.5, 0.6) is 11.5 Å². The van der Waals surface area contributed by atoms with E-state index in [0.717, 1.165) is 16.6 Å². The fourth-order valence-corrected chi connectivity index (χ4v) is 5.70. The highest BCUT2D eigenvalue weighted by Crippen LogP contribution is 2.41. The van der Waals surface area contributed by atoms with Crippen LogP contribution in [0.1, 0.15) is 53.4 Å². The molecule has 1 fully saturated rings. The lowest BCUT2D eigenvalue weighted by Gasteiger charge is -2.39. The Morgan fingerprint density at radius 2 is 1.54 bits per heavy atom. The molecule has 1 aliphatic carbocycles. The summed E-state index contributed by atoms with van der Waals surface area (Å²) in [6, 6.07) is 11.0. The number of halogens is 1. The standard InChI is InChI=1S/C27H32FNO7S/c1-5-34-24(30)16-19-29(27(17-6-7-18-27)25(31)36-26(2,3)4)37(32,33)23-14-12-22(13-15-23)35-21-10-8-20(28)9-11-21/h8-16,19H,5-7,17-18H2,1-4H3. The van der Waals surface area contributed by atoms with Crippen molar-refractivity contribution in [3.8, 4) is 11.5 Å². The minimum Gasteiger partial charge on any atom is -0.463 e. The molecule has 0 saturated heterocycles. The van der Waals surface area contributed by atoms with Crippen LogP contribution in [-0.4, -0.2) is 42.4 Å². The molecule has 2 aromatic carbocycles. The Balaban J connectivity index is 2.00. The average Bonchev–Trinajstić information content (AvgIpc) is 3.31. The van der Waals surface area contributed by atoms with Crippen molar-refractivity contribution < 1.29 is 36.6 Å². The van der Waals surface area contributed by atoms with Gasteiger partial charge in [-0.3, -0.25) is 4.31 Å². The van der Waals surface area contributed by atoms with E-state index in [1.807, 2.05) is 0 Å². The maximum absolute atomic E-state index is 13.9. The van der Waals surface area contributed by atoms with E-state index in [4.69, 9.17) is 14.2 Å². The number of carbonyl (C=O) groups is 2. The molecule has 0 atom stereocenters. The number of hydrogen-bond donors (Lipinski definition) is 0. The lowest BCUT2D eigenvalue weighted by molar-refractivity contribution is -0.165. The van der Waals surface area contributed by atoms with E-state index in [1.54, 1.807) is 27.7 Å². The molecule has 1 saturated carbocycles. The number of hydrogen-bond acceptors (Lipinski definition) is 7. The Morgan fingerprint density at radius 1 is 1.00 bits per heavy atom. The summed E-state index contributed by atoms with van der Waals surface area (Å²) in [4.78, 5) is 25.4. The van der Waals surface area contributed by atoms with E-state index in [9.17, 15) is 22.4 Å². The Hall–Kier alpha value is -3.40. The zero-order valence-corrected chi connectivity index (χ0v) is 22.2. The summed E-state index contributed by atoms with van der Waals surface area (Å²) in [6.45, 7) is 6.87. The Bertz CT molecular complexity index is 1230. The highest BCUT2D eigenvalue weighted by Gasteiger charge is 2.52. The highest BCUT2D eigenvalue weighted by atomic mass is 32.2. The van der Waals surface area contributed by atoms with Crippen LogP contribution >= 0.6 is 0 Å². The number of nitrogens with zero attached hydrogens (tertiary/aromatic N) is 1. The van der Waals surface area contributed by atoms with Crippen LogP contribution < -0.4 is 4.74 Å². The van der Waals surface area contributed by atoms with Crippen LogP contribution in [0.15, 0.2) is 65.7 Å². The summed E-state index contributed by atoms with van der Waals surface area (Å²) in [5.41, 5.74) is -2.36. The molecule has 0 unspecified atom stereocenters. The summed E-state index contributed by atoms with van der Waals surface area (Å²) in [5.74, 6) is -1.10. The van der Waals surface area contributed by atoms with Gasteiger partial charge in [0.25, 0.3) is 10.0 Å². The number of esters is 2. The molecular weight excluding hydrogens is 501 g/mol. The summed E-state index contributed by atoms with van der Waals surface area (Å²) < 4.78 is 58.1. The fraction of sp³-hybridized carbons (Fsp3) is 0.407. The zero-order valence-electron chi connectivity index (χ0n) is 21.4. The summed E-state index contributed by atoms with van der Waals surface area (Å²) in [7, 11) is -4.32. The monoisotopic (exact) mass is 533 g/mol. The van der Waals surface area contributed by atoms with Gasteiger partial charge in [-0.05, 0) is 89.1 Å². The molecule has 0 aromatic heterocycles. The van der Waals surface area contributed by atoms with Crippen LogP contribution in [0, 0.1) is 5.82 Å². The highest BCUT2D eigenvalue weighted by molar-refractivity contribution is 7.89. The van der Waals surface area contributed by atoms with Crippen molar-refractivity contribution in [2.75, 3.05) is 6.61 Å². The first kappa shape index (κ1) is 28.2. The van der Waals surface area contributed by atoms with Gasteiger partial charge < -0.3 is 14.2 Å². The number of rotatable bonds is 9. The Labute approximate surface area is 217 Å². The number of carbonyl (C=O) groups excluding carboxylic acids is 2. The van der Waals surface area contributed by atoms with E-state index in [1.165, 1.54) is 48.5 Å². The molecule has 200 valence electrons. The molecule has 0 spiro atoms. The third-order valence-corrected chi connectivity index (χ3v) is 7.55. The predicted molar refractivity (Wildman–Crippen MR) is 135 cm³/mol. The topological polar surface area (TPSA) is 99.2 Å². The Kier molecular flexibility index (Phi) is 8.63.